The van der Waals surface area contributed by atoms with Crippen LogP contribution in [0.3, 0.4) is 0 Å². The molecular formula is C15H10FNO2S2. The second-order valence-corrected chi connectivity index (χ2v) is 6.13. The van der Waals surface area contributed by atoms with Crippen molar-refractivity contribution in [2.45, 2.75) is 0 Å². The third-order valence-electron chi connectivity index (χ3n) is 3.02. The van der Waals surface area contributed by atoms with E-state index in [4.69, 9.17) is 16.6 Å². The van der Waals surface area contributed by atoms with Crippen LogP contribution in [0.15, 0.2) is 45.7 Å². The minimum Gasteiger partial charge on any atom is -0.457 e. The number of hydrogen-bond donors (Lipinski definition) is 0. The Labute approximate surface area is 130 Å². The number of thiocarbonyl (C=S) groups is 1. The van der Waals surface area contributed by atoms with Crippen LogP contribution >= 0.6 is 24.0 Å². The number of halogens is 1. The molecule has 0 aliphatic carbocycles. The number of thioether (sulfide) groups is 1. The van der Waals surface area contributed by atoms with Crippen LogP contribution in [0.25, 0.3) is 17.4 Å². The molecule has 6 heteroatoms. The third kappa shape index (κ3) is 2.77. The number of amides is 1. The van der Waals surface area contributed by atoms with Crippen molar-refractivity contribution in [3.63, 3.8) is 0 Å². The molecule has 0 atom stereocenters. The van der Waals surface area contributed by atoms with E-state index in [1.54, 1.807) is 37.4 Å². The Bertz CT molecular complexity index is 749. The SMILES string of the molecule is CN1C(=O)/C(=C\c2ccc(-c3ccc(F)cc3)o2)SC1=S. The summed E-state index contributed by atoms with van der Waals surface area (Å²) in [6, 6.07) is 9.58. The molecule has 3 nitrogen and oxygen atoms in total. The Morgan fingerprint density at radius 2 is 1.95 bits per heavy atom. The molecule has 0 unspecified atom stereocenters. The van der Waals surface area contributed by atoms with Gasteiger partial charge in [0, 0.05) is 18.7 Å². The standard InChI is InChI=1S/C15H10FNO2S2/c1-17-14(18)13(21-15(17)20)8-11-6-7-12(19-11)9-2-4-10(16)5-3-9/h2-8H,1H3/b13-8+. The molecule has 2 heterocycles. The fraction of sp³-hybridized carbons (Fsp3) is 0.0667. The predicted molar refractivity (Wildman–Crippen MR) is 85.0 cm³/mol. The fourth-order valence-electron chi connectivity index (χ4n) is 1.87. The second-order valence-electron chi connectivity index (χ2n) is 4.45. The molecule has 21 heavy (non-hydrogen) atoms. The first kappa shape index (κ1) is 14.0. The van der Waals surface area contributed by atoms with Crippen LogP contribution in [0.1, 0.15) is 5.76 Å². The summed E-state index contributed by atoms with van der Waals surface area (Å²) < 4.78 is 19.1. The van der Waals surface area contributed by atoms with E-state index in [-0.39, 0.29) is 11.7 Å². The van der Waals surface area contributed by atoms with Gasteiger partial charge >= 0.3 is 0 Å². The highest BCUT2D eigenvalue weighted by Crippen LogP contribution is 2.32. The Kier molecular flexibility index (Phi) is 3.65. The van der Waals surface area contributed by atoms with Gasteiger partial charge in [-0.1, -0.05) is 24.0 Å². The smallest absolute Gasteiger partial charge is 0.266 e. The van der Waals surface area contributed by atoms with Gasteiger partial charge in [0.05, 0.1) is 4.91 Å². The number of rotatable bonds is 2. The van der Waals surface area contributed by atoms with E-state index >= 15 is 0 Å². The van der Waals surface area contributed by atoms with Crippen LogP contribution in [0.2, 0.25) is 0 Å². The zero-order valence-corrected chi connectivity index (χ0v) is 12.6. The summed E-state index contributed by atoms with van der Waals surface area (Å²) in [5.41, 5.74) is 0.777. The van der Waals surface area contributed by atoms with E-state index in [2.05, 4.69) is 0 Å². The van der Waals surface area contributed by atoms with Gasteiger partial charge in [0.1, 0.15) is 21.7 Å². The second kappa shape index (κ2) is 5.46. The number of nitrogens with zero attached hydrogens (tertiary/aromatic N) is 1. The summed E-state index contributed by atoms with van der Waals surface area (Å²) in [6.07, 6.45) is 1.66. The molecule has 3 rings (SSSR count). The topological polar surface area (TPSA) is 33.5 Å². The number of likely N-dealkylation sites (N-methyl/N-ethyl adjacent to an activating group) is 1. The summed E-state index contributed by atoms with van der Waals surface area (Å²) in [7, 11) is 1.64. The average molecular weight is 319 g/mol. The first-order valence-corrected chi connectivity index (χ1v) is 7.34. The number of hydrogen-bond acceptors (Lipinski definition) is 4. The van der Waals surface area contributed by atoms with Crippen LogP contribution in [0.4, 0.5) is 4.39 Å². The minimum absolute atomic E-state index is 0.135. The monoisotopic (exact) mass is 319 g/mol. The molecule has 1 saturated heterocycles. The van der Waals surface area contributed by atoms with Crippen molar-refractivity contribution in [2.75, 3.05) is 7.05 Å². The Morgan fingerprint density at radius 3 is 2.57 bits per heavy atom. The van der Waals surface area contributed by atoms with E-state index in [9.17, 15) is 9.18 Å². The highest BCUT2D eigenvalue weighted by atomic mass is 32.2. The largest absolute Gasteiger partial charge is 0.457 e. The molecule has 1 fully saturated rings. The normalized spacial score (nSPS) is 17.0. The molecule has 1 amide bonds. The molecule has 0 saturated carbocycles. The van der Waals surface area contributed by atoms with Crippen molar-refractivity contribution in [3.8, 4) is 11.3 Å². The maximum absolute atomic E-state index is 12.9. The van der Waals surface area contributed by atoms with Gasteiger partial charge in [0.2, 0.25) is 0 Å². The Hall–Kier alpha value is -1.92. The van der Waals surface area contributed by atoms with Crippen molar-refractivity contribution in [2.24, 2.45) is 0 Å². The lowest BCUT2D eigenvalue weighted by Crippen LogP contribution is -2.22. The molecule has 1 aromatic carbocycles. The summed E-state index contributed by atoms with van der Waals surface area (Å²) >= 11 is 6.31. The predicted octanol–water partition coefficient (Wildman–Crippen LogP) is 3.92. The molecule has 1 aliphatic rings. The first-order chi connectivity index (χ1) is 10.0. The van der Waals surface area contributed by atoms with Crippen molar-refractivity contribution in [1.29, 1.82) is 0 Å². The minimum atomic E-state index is -0.294. The molecule has 0 bridgehead atoms. The van der Waals surface area contributed by atoms with Gasteiger partial charge in [-0.05, 0) is 36.4 Å². The van der Waals surface area contributed by atoms with Crippen LogP contribution in [-0.4, -0.2) is 22.2 Å². The summed E-state index contributed by atoms with van der Waals surface area (Å²) in [4.78, 5) is 13.9. The number of carbonyl (C=O) groups is 1. The fourth-order valence-corrected chi connectivity index (χ4v) is 3.03. The quantitative estimate of drug-likeness (QED) is 0.620. The van der Waals surface area contributed by atoms with E-state index in [0.717, 1.165) is 5.56 Å². The lowest BCUT2D eigenvalue weighted by molar-refractivity contribution is -0.121. The first-order valence-electron chi connectivity index (χ1n) is 6.12. The molecule has 1 aliphatic heterocycles. The molecular weight excluding hydrogens is 309 g/mol. The molecule has 2 aromatic rings. The zero-order chi connectivity index (χ0) is 15.0. The summed E-state index contributed by atoms with van der Waals surface area (Å²) in [5, 5.41) is 0. The van der Waals surface area contributed by atoms with E-state index in [1.807, 2.05) is 0 Å². The van der Waals surface area contributed by atoms with Crippen LogP contribution in [-0.2, 0) is 4.79 Å². The van der Waals surface area contributed by atoms with Gasteiger partial charge < -0.3 is 4.42 Å². The Balaban J connectivity index is 1.87. The van der Waals surface area contributed by atoms with Crippen molar-refractivity contribution >= 4 is 40.3 Å². The lowest BCUT2D eigenvalue weighted by Gasteiger charge is -2.03. The number of furan rings is 1. The third-order valence-corrected chi connectivity index (χ3v) is 4.50. The number of benzene rings is 1. The Morgan fingerprint density at radius 1 is 1.24 bits per heavy atom. The van der Waals surface area contributed by atoms with Crippen LogP contribution in [0, 0.1) is 5.82 Å². The van der Waals surface area contributed by atoms with Crippen molar-refractivity contribution in [1.82, 2.24) is 4.90 Å². The van der Waals surface area contributed by atoms with Gasteiger partial charge in [-0.25, -0.2) is 4.39 Å². The maximum Gasteiger partial charge on any atom is 0.266 e. The van der Waals surface area contributed by atoms with Gasteiger partial charge in [-0.3, -0.25) is 9.69 Å². The summed E-state index contributed by atoms with van der Waals surface area (Å²) in [6.45, 7) is 0. The highest BCUT2D eigenvalue weighted by molar-refractivity contribution is 8.26. The zero-order valence-electron chi connectivity index (χ0n) is 11.0. The van der Waals surface area contributed by atoms with Crippen LogP contribution < -0.4 is 0 Å². The van der Waals surface area contributed by atoms with Crippen LogP contribution in [0.5, 0.6) is 0 Å². The van der Waals surface area contributed by atoms with Crippen molar-refractivity contribution in [3.05, 3.63) is 52.9 Å². The molecule has 106 valence electrons. The maximum atomic E-state index is 12.9. The lowest BCUT2D eigenvalue weighted by atomic mass is 10.2. The molecule has 0 N–H and O–H groups in total. The van der Waals surface area contributed by atoms with Gasteiger partial charge in [0.25, 0.3) is 5.91 Å². The molecule has 0 radical (unpaired) electrons. The molecule has 1 aromatic heterocycles. The van der Waals surface area contributed by atoms with E-state index in [0.29, 0.717) is 20.7 Å². The van der Waals surface area contributed by atoms with Gasteiger partial charge in [-0.2, -0.15) is 0 Å². The average Bonchev–Trinajstić information content (AvgIpc) is 3.02. The van der Waals surface area contributed by atoms with E-state index in [1.165, 1.54) is 28.8 Å². The summed E-state index contributed by atoms with van der Waals surface area (Å²) in [5.74, 6) is 0.749. The van der Waals surface area contributed by atoms with Gasteiger partial charge in [0.15, 0.2) is 0 Å². The number of carbonyl (C=O) groups excluding carboxylic acids is 1. The highest BCUT2D eigenvalue weighted by Gasteiger charge is 2.28. The molecule has 0 spiro atoms. The van der Waals surface area contributed by atoms with Gasteiger partial charge in [-0.15, -0.1) is 0 Å². The van der Waals surface area contributed by atoms with Crippen molar-refractivity contribution < 1.29 is 13.6 Å². The van der Waals surface area contributed by atoms with E-state index < -0.39 is 0 Å².